The fourth-order valence-electron chi connectivity index (χ4n) is 1.94. The van der Waals surface area contributed by atoms with E-state index in [4.69, 9.17) is 0 Å². The molecule has 0 bridgehead atoms. The lowest BCUT2D eigenvalue weighted by Gasteiger charge is -2.07. The number of alkyl halides is 2. The molecular weight excluding hydrogens is 328 g/mol. The molecule has 0 heterocycles. The Kier molecular flexibility index (Phi) is 14.9. The van der Waals surface area contributed by atoms with Crippen LogP contribution in [0.15, 0.2) is 0 Å². The first kappa shape index (κ1) is 17.0. The summed E-state index contributed by atoms with van der Waals surface area (Å²) in [5.41, 5.74) is 0. The van der Waals surface area contributed by atoms with Gasteiger partial charge in [0.2, 0.25) is 0 Å². The molecule has 0 aliphatic heterocycles. The Morgan fingerprint density at radius 3 is 1.75 bits per heavy atom. The molecule has 0 aromatic heterocycles. The zero-order valence-corrected chi connectivity index (χ0v) is 14.0. The molecule has 2 heteroatoms. The van der Waals surface area contributed by atoms with Gasteiger partial charge in [-0.05, 0) is 12.8 Å². The van der Waals surface area contributed by atoms with E-state index in [0.29, 0.717) is 0 Å². The molecule has 0 aliphatic rings. The van der Waals surface area contributed by atoms with E-state index in [-0.39, 0.29) is 0 Å². The zero-order valence-electron chi connectivity index (χ0n) is 10.8. The van der Waals surface area contributed by atoms with Crippen LogP contribution in [0.25, 0.3) is 0 Å². The van der Waals surface area contributed by atoms with Crippen molar-refractivity contribution in [2.75, 3.05) is 5.33 Å². The molecule has 0 spiro atoms. The Hall–Kier alpha value is 0.960. The van der Waals surface area contributed by atoms with Crippen LogP contribution in [-0.2, 0) is 0 Å². The highest BCUT2D eigenvalue weighted by molar-refractivity contribution is 9.10. The van der Waals surface area contributed by atoms with Crippen LogP contribution in [0.1, 0.15) is 77.6 Å². The fourth-order valence-corrected chi connectivity index (χ4v) is 3.66. The van der Waals surface area contributed by atoms with Gasteiger partial charge in [0.05, 0.1) is 0 Å². The third-order valence-electron chi connectivity index (χ3n) is 3.04. The second kappa shape index (κ2) is 14.0. The first-order valence-corrected chi connectivity index (χ1v) is 9.05. The summed E-state index contributed by atoms with van der Waals surface area (Å²) in [4.78, 5) is 0.733. The van der Waals surface area contributed by atoms with Crippen molar-refractivity contribution in [3.8, 4) is 0 Å². The highest BCUT2D eigenvalue weighted by Crippen LogP contribution is 2.17. The lowest BCUT2D eigenvalue weighted by Crippen LogP contribution is -1.97. The van der Waals surface area contributed by atoms with E-state index in [0.717, 1.165) is 10.2 Å². The summed E-state index contributed by atoms with van der Waals surface area (Å²) in [6.45, 7) is 2.28. The minimum atomic E-state index is 0.733. The molecular formula is C14H28Br2. The van der Waals surface area contributed by atoms with Gasteiger partial charge in [-0.2, -0.15) is 0 Å². The molecule has 0 rings (SSSR count). The Morgan fingerprint density at radius 2 is 1.25 bits per heavy atom. The molecule has 16 heavy (non-hydrogen) atoms. The normalized spacial score (nSPS) is 12.9. The van der Waals surface area contributed by atoms with Crippen molar-refractivity contribution in [2.24, 2.45) is 0 Å². The van der Waals surface area contributed by atoms with Crippen molar-refractivity contribution in [1.29, 1.82) is 0 Å². The van der Waals surface area contributed by atoms with Crippen molar-refractivity contribution < 1.29 is 0 Å². The maximum atomic E-state index is 3.72. The molecule has 1 atom stereocenters. The highest BCUT2D eigenvalue weighted by atomic mass is 79.9. The van der Waals surface area contributed by atoms with E-state index in [2.05, 4.69) is 38.8 Å². The summed E-state index contributed by atoms with van der Waals surface area (Å²) in [7, 11) is 0. The smallest absolute Gasteiger partial charge is 0.0153 e. The molecule has 0 amide bonds. The average Bonchev–Trinajstić information content (AvgIpc) is 2.27. The summed E-state index contributed by atoms with van der Waals surface area (Å²) >= 11 is 7.20. The van der Waals surface area contributed by atoms with E-state index in [1.54, 1.807) is 0 Å². The number of hydrogen-bond donors (Lipinski definition) is 0. The van der Waals surface area contributed by atoms with Gasteiger partial charge in [-0.25, -0.2) is 0 Å². The van der Waals surface area contributed by atoms with Crippen LogP contribution < -0.4 is 0 Å². The Bertz CT molecular complexity index is 126. The number of unbranched alkanes of at least 4 members (excludes halogenated alkanes) is 8. The molecule has 0 aliphatic carbocycles. The predicted molar refractivity (Wildman–Crippen MR) is 83.0 cm³/mol. The van der Waals surface area contributed by atoms with E-state index in [9.17, 15) is 0 Å². The summed E-state index contributed by atoms with van der Waals surface area (Å²) in [6, 6.07) is 0. The lowest BCUT2D eigenvalue weighted by molar-refractivity contribution is 0.552. The van der Waals surface area contributed by atoms with Crippen LogP contribution >= 0.6 is 31.9 Å². The molecule has 0 aromatic rings. The molecule has 0 nitrogen and oxygen atoms in total. The summed E-state index contributed by atoms with van der Waals surface area (Å²) in [5, 5.41) is 1.13. The van der Waals surface area contributed by atoms with E-state index in [1.807, 2.05) is 0 Å². The molecule has 0 radical (unpaired) electrons. The number of halogens is 2. The zero-order chi connectivity index (χ0) is 12.1. The SMILES string of the molecule is CCCCCCCCCCCC(Br)CCBr. The van der Waals surface area contributed by atoms with Gasteiger partial charge in [0.1, 0.15) is 0 Å². The molecule has 0 saturated carbocycles. The second-order valence-corrected chi connectivity index (χ2v) is 6.78. The third-order valence-corrected chi connectivity index (χ3v) is 4.42. The Labute approximate surface area is 119 Å². The van der Waals surface area contributed by atoms with Crippen molar-refractivity contribution in [3.05, 3.63) is 0 Å². The van der Waals surface area contributed by atoms with Crippen LogP contribution in [0.4, 0.5) is 0 Å². The van der Waals surface area contributed by atoms with Gasteiger partial charge in [0.15, 0.2) is 0 Å². The van der Waals surface area contributed by atoms with Crippen molar-refractivity contribution in [2.45, 2.75) is 82.4 Å². The maximum Gasteiger partial charge on any atom is 0.0153 e. The average molecular weight is 356 g/mol. The van der Waals surface area contributed by atoms with Crippen molar-refractivity contribution in [1.82, 2.24) is 0 Å². The molecule has 98 valence electrons. The summed E-state index contributed by atoms with van der Waals surface area (Å²) < 4.78 is 0. The lowest BCUT2D eigenvalue weighted by atomic mass is 10.1. The van der Waals surface area contributed by atoms with Crippen molar-refractivity contribution >= 4 is 31.9 Å². The minimum absolute atomic E-state index is 0.733. The fraction of sp³-hybridized carbons (Fsp3) is 1.00. The van der Waals surface area contributed by atoms with Gasteiger partial charge < -0.3 is 0 Å². The monoisotopic (exact) mass is 354 g/mol. The molecule has 0 aromatic carbocycles. The maximum absolute atomic E-state index is 3.72. The van der Waals surface area contributed by atoms with Gasteiger partial charge in [0, 0.05) is 10.2 Å². The van der Waals surface area contributed by atoms with Crippen LogP contribution in [0.5, 0.6) is 0 Å². The van der Waals surface area contributed by atoms with Crippen LogP contribution in [0.3, 0.4) is 0 Å². The molecule has 1 unspecified atom stereocenters. The van der Waals surface area contributed by atoms with Gasteiger partial charge in [-0.15, -0.1) is 0 Å². The summed E-state index contributed by atoms with van der Waals surface area (Å²) in [5.74, 6) is 0. The first-order valence-electron chi connectivity index (χ1n) is 7.01. The molecule has 0 saturated heterocycles. The Morgan fingerprint density at radius 1 is 0.750 bits per heavy atom. The van der Waals surface area contributed by atoms with Gasteiger partial charge >= 0.3 is 0 Å². The van der Waals surface area contributed by atoms with Gasteiger partial charge in [0.25, 0.3) is 0 Å². The van der Waals surface area contributed by atoms with E-state index >= 15 is 0 Å². The van der Waals surface area contributed by atoms with Gasteiger partial charge in [-0.1, -0.05) is 96.6 Å². The molecule has 0 N–H and O–H groups in total. The minimum Gasteiger partial charge on any atom is -0.0928 e. The summed E-state index contributed by atoms with van der Waals surface area (Å²) in [6.07, 6.45) is 15.5. The number of rotatable bonds is 12. The highest BCUT2D eigenvalue weighted by Gasteiger charge is 2.01. The van der Waals surface area contributed by atoms with E-state index < -0.39 is 0 Å². The molecule has 0 fully saturated rings. The number of hydrogen-bond acceptors (Lipinski definition) is 0. The topological polar surface area (TPSA) is 0 Å². The van der Waals surface area contributed by atoms with Crippen molar-refractivity contribution in [3.63, 3.8) is 0 Å². The third kappa shape index (κ3) is 13.0. The second-order valence-electron chi connectivity index (χ2n) is 4.69. The largest absolute Gasteiger partial charge is 0.0928 e. The van der Waals surface area contributed by atoms with Crippen LogP contribution in [0, 0.1) is 0 Å². The predicted octanol–water partition coefficient (Wildman–Crippen LogP) is 6.46. The van der Waals surface area contributed by atoms with E-state index in [1.165, 1.54) is 70.6 Å². The van der Waals surface area contributed by atoms with Crippen LogP contribution in [0.2, 0.25) is 0 Å². The Balaban J connectivity index is 2.98. The quantitative estimate of drug-likeness (QED) is 0.278. The standard InChI is InChI=1S/C14H28Br2/c1-2-3-4-5-6-7-8-9-10-11-14(16)12-13-15/h14H,2-13H2,1H3. The van der Waals surface area contributed by atoms with Gasteiger partial charge in [-0.3, -0.25) is 0 Å². The first-order chi connectivity index (χ1) is 7.81. The van der Waals surface area contributed by atoms with Crippen LogP contribution in [-0.4, -0.2) is 10.2 Å².